The van der Waals surface area contributed by atoms with Crippen molar-refractivity contribution in [2.75, 3.05) is 13.1 Å². The van der Waals surface area contributed by atoms with Gasteiger partial charge in [0.05, 0.1) is 12.2 Å². The highest BCUT2D eigenvalue weighted by atomic mass is 16.3. The number of phenols is 4. The molecule has 0 saturated carbocycles. The quantitative estimate of drug-likeness (QED) is 0.323. The normalized spacial score (nSPS) is 13.1. The average Bonchev–Trinajstić information content (AvgIpc) is 2.63. The fourth-order valence-electron chi connectivity index (χ4n) is 2.55. The third-order valence-electron chi connectivity index (χ3n) is 4.06. The number of aliphatic hydroxyl groups is 2. The lowest BCUT2D eigenvalue weighted by molar-refractivity contribution is 0.170. The second-order valence-corrected chi connectivity index (χ2v) is 7.72. The van der Waals surface area contributed by atoms with Crippen LogP contribution in [0.4, 0.5) is 0 Å². The molecule has 2 unspecified atom stereocenters. The Kier molecular flexibility index (Phi) is 10.4. The van der Waals surface area contributed by atoms with Crippen molar-refractivity contribution < 1.29 is 30.6 Å². The van der Waals surface area contributed by atoms with E-state index >= 15 is 0 Å². The molecular formula is C22H34N2O6. The van der Waals surface area contributed by atoms with E-state index in [2.05, 4.69) is 10.6 Å². The van der Waals surface area contributed by atoms with Crippen LogP contribution in [0.25, 0.3) is 0 Å². The second kappa shape index (κ2) is 12.2. The minimum Gasteiger partial charge on any atom is -0.508 e. The summed E-state index contributed by atoms with van der Waals surface area (Å²) in [5.41, 5.74) is 1.00. The molecule has 0 aliphatic carbocycles. The Labute approximate surface area is 177 Å². The summed E-state index contributed by atoms with van der Waals surface area (Å²) in [5.74, 6) is -0.190. The highest BCUT2D eigenvalue weighted by Crippen LogP contribution is 2.25. The van der Waals surface area contributed by atoms with Crippen LogP contribution in [-0.4, -0.2) is 55.8 Å². The molecule has 2 aromatic carbocycles. The standard InChI is InChI=1S/2C11H17NO3/c2*1-7(2)12-6-11(15)8-3-9(13)5-10(14)4-8/h2*3-5,7,11-15H,6H2,1-2H3. The first kappa shape index (κ1) is 25.5. The fourth-order valence-corrected chi connectivity index (χ4v) is 2.55. The van der Waals surface area contributed by atoms with Crippen molar-refractivity contribution in [2.45, 2.75) is 52.0 Å². The van der Waals surface area contributed by atoms with E-state index in [1.54, 1.807) is 0 Å². The van der Waals surface area contributed by atoms with Crippen molar-refractivity contribution >= 4 is 0 Å². The molecule has 168 valence electrons. The molecule has 30 heavy (non-hydrogen) atoms. The van der Waals surface area contributed by atoms with Gasteiger partial charge in [-0.25, -0.2) is 0 Å². The first-order valence-corrected chi connectivity index (χ1v) is 9.86. The van der Waals surface area contributed by atoms with Crippen molar-refractivity contribution in [3.05, 3.63) is 47.5 Å². The summed E-state index contributed by atoms with van der Waals surface area (Å²) in [7, 11) is 0. The summed E-state index contributed by atoms with van der Waals surface area (Å²) in [6.45, 7) is 8.69. The summed E-state index contributed by atoms with van der Waals surface area (Å²) in [6.07, 6.45) is -1.46. The Morgan fingerprint density at radius 2 is 0.833 bits per heavy atom. The van der Waals surface area contributed by atoms with E-state index in [-0.39, 0.29) is 35.1 Å². The highest BCUT2D eigenvalue weighted by Gasteiger charge is 2.11. The van der Waals surface area contributed by atoms with Gasteiger partial charge in [0.2, 0.25) is 0 Å². The molecule has 0 spiro atoms. The van der Waals surface area contributed by atoms with Crippen LogP contribution < -0.4 is 10.6 Å². The van der Waals surface area contributed by atoms with Crippen LogP contribution in [0.5, 0.6) is 23.0 Å². The van der Waals surface area contributed by atoms with Gasteiger partial charge in [-0.05, 0) is 35.4 Å². The van der Waals surface area contributed by atoms with Crippen LogP contribution in [-0.2, 0) is 0 Å². The smallest absolute Gasteiger partial charge is 0.119 e. The monoisotopic (exact) mass is 422 g/mol. The Bertz CT molecular complexity index is 676. The first-order chi connectivity index (χ1) is 14.0. The maximum absolute atomic E-state index is 9.73. The van der Waals surface area contributed by atoms with Gasteiger partial charge in [-0.3, -0.25) is 0 Å². The van der Waals surface area contributed by atoms with Crippen molar-refractivity contribution in [3.63, 3.8) is 0 Å². The zero-order valence-corrected chi connectivity index (χ0v) is 17.9. The molecule has 8 N–H and O–H groups in total. The molecular weight excluding hydrogens is 388 g/mol. The lowest BCUT2D eigenvalue weighted by atomic mass is 10.1. The third kappa shape index (κ3) is 9.80. The lowest BCUT2D eigenvalue weighted by Crippen LogP contribution is -2.27. The van der Waals surface area contributed by atoms with Crippen LogP contribution in [0.2, 0.25) is 0 Å². The molecule has 2 aromatic rings. The lowest BCUT2D eigenvalue weighted by Gasteiger charge is -2.14. The van der Waals surface area contributed by atoms with Gasteiger partial charge in [0.1, 0.15) is 23.0 Å². The van der Waals surface area contributed by atoms with E-state index in [1.807, 2.05) is 27.7 Å². The highest BCUT2D eigenvalue weighted by molar-refractivity contribution is 5.38. The molecule has 8 heteroatoms. The van der Waals surface area contributed by atoms with E-state index in [9.17, 15) is 30.6 Å². The van der Waals surface area contributed by atoms with Crippen LogP contribution in [0.15, 0.2) is 36.4 Å². The van der Waals surface area contributed by atoms with E-state index in [0.29, 0.717) is 24.2 Å². The van der Waals surface area contributed by atoms with Crippen LogP contribution in [0.3, 0.4) is 0 Å². The van der Waals surface area contributed by atoms with Gasteiger partial charge >= 0.3 is 0 Å². The van der Waals surface area contributed by atoms with Crippen LogP contribution in [0, 0.1) is 0 Å². The summed E-state index contributed by atoms with van der Waals surface area (Å²) < 4.78 is 0. The van der Waals surface area contributed by atoms with Gasteiger partial charge < -0.3 is 41.3 Å². The maximum atomic E-state index is 9.73. The summed E-state index contributed by atoms with van der Waals surface area (Å²) in [6, 6.07) is 8.77. The topological polar surface area (TPSA) is 145 Å². The Morgan fingerprint density at radius 1 is 0.567 bits per heavy atom. The minimum absolute atomic E-state index is 0.0476. The van der Waals surface area contributed by atoms with Gasteiger partial charge in [0, 0.05) is 37.3 Å². The minimum atomic E-state index is -0.731. The van der Waals surface area contributed by atoms with Crippen molar-refractivity contribution in [1.29, 1.82) is 0 Å². The Hall–Kier alpha value is -2.52. The van der Waals surface area contributed by atoms with Gasteiger partial charge in [-0.15, -0.1) is 0 Å². The Morgan fingerprint density at radius 3 is 1.07 bits per heavy atom. The number of phenolic OH excluding ortho intramolecular Hbond substituents is 4. The predicted octanol–water partition coefficient (Wildman–Crippen LogP) is 2.26. The van der Waals surface area contributed by atoms with Gasteiger partial charge in [-0.1, -0.05) is 27.7 Å². The molecule has 0 aromatic heterocycles. The van der Waals surface area contributed by atoms with Gasteiger partial charge in [-0.2, -0.15) is 0 Å². The summed E-state index contributed by atoms with van der Waals surface area (Å²) in [5, 5.41) is 62.5. The molecule has 2 atom stereocenters. The molecule has 8 nitrogen and oxygen atoms in total. The van der Waals surface area contributed by atoms with Crippen molar-refractivity contribution in [1.82, 2.24) is 10.6 Å². The molecule has 0 saturated heterocycles. The average molecular weight is 423 g/mol. The van der Waals surface area contributed by atoms with Crippen molar-refractivity contribution in [3.8, 4) is 23.0 Å². The third-order valence-corrected chi connectivity index (χ3v) is 4.06. The summed E-state index contributed by atoms with van der Waals surface area (Å²) >= 11 is 0. The van der Waals surface area contributed by atoms with Crippen molar-refractivity contribution in [2.24, 2.45) is 0 Å². The molecule has 2 rings (SSSR count). The zero-order chi connectivity index (χ0) is 22.8. The number of benzene rings is 2. The largest absolute Gasteiger partial charge is 0.508 e. The molecule has 0 heterocycles. The Balaban J connectivity index is 0.000000300. The van der Waals surface area contributed by atoms with Crippen LogP contribution >= 0.6 is 0 Å². The van der Waals surface area contributed by atoms with E-state index in [0.717, 1.165) is 0 Å². The van der Waals surface area contributed by atoms with Gasteiger partial charge in [0.15, 0.2) is 0 Å². The predicted molar refractivity (Wildman–Crippen MR) is 116 cm³/mol. The maximum Gasteiger partial charge on any atom is 0.119 e. The number of aromatic hydroxyl groups is 4. The molecule has 0 bridgehead atoms. The molecule has 0 radical (unpaired) electrons. The first-order valence-electron chi connectivity index (χ1n) is 9.86. The number of aliphatic hydroxyl groups excluding tert-OH is 2. The van der Waals surface area contributed by atoms with Gasteiger partial charge in [0.25, 0.3) is 0 Å². The van der Waals surface area contributed by atoms with E-state index in [1.165, 1.54) is 36.4 Å². The van der Waals surface area contributed by atoms with E-state index in [4.69, 9.17) is 0 Å². The number of nitrogens with one attached hydrogen (secondary N) is 2. The SMILES string of the molecule is CC(C)NCC(O)c1cc(O)cc(O)c1.CC(C)NCC(O)c1cc(O)cc(O)c1. The van der Waals surface area contributed by atoms with E-state index < -0.39 is 12.2 Å². The fraction of sp³-hybridized carbons (Fsp3) is 0.455. The molecule has 0 aliphatic heterocycles. The molecule has 0 fully saturated rings. The number of rotatable bonds is 8. The second-order valence-electron chi connectivity index (χ2n) is 7.72. The number of hydrogen-bond donors (Lipinski definition) is 8. The number of hydrogen-bond acceptors (Lipinski definition) is 8. The molecule has 0 aliphatic rings. The summed E-state index contributed by atoms with van der Waals surface area (Å²) in [4.78, 5) is 0. The molecule has 0 amide bonds. The van der Waals surface area contributed by atoms with Crippen LogP contribution in [0.1, 0.15) is 51.0 Å². The zero-order valence-electron chi connectivity index (χ0n) is 17.9.